The number of carboxylic acids is 1. The van der Waals surface area contributed by atoms with Crippen molar-refractivity contribution in [3.63, 3.8) is 0 Å². The molecule has 1 N–H and O–H groups in total. The lowest BCUT2D eigenvalue weighted by Crippen LogP contribution is -2.43. The van der Waals surface area contributed by atoms with Crippen molar-refractivity contribution >= 4 is 5.97 Å². The normalized spacial score (nSPS) is 39.8. The number of fused-ring (bicyclic) bond motifs is 1. The maximum atomic E-state index is 11.7. The van der Waals surface area contributed by atoms with Crippen LogP contribution in [0, 0.1) is 5.41 Å². The zero-order valence-corrected chi connectivity index (χ0v) is 12.0. The van der Waals surface area contributed by atoms with Crippen LogP contribution in [0.2, 0.25) is 0 Å². The monoisotopic (exact) mass is 266 g/mol. The van der Waals surface area contributed by atoms with Gasteiger partial charge >= 0.3 is 5.97 Å². The summed E-state index contributed by atoms with van der Waals surface area (Å²) in [6.07, 6.45) is 6.54. The van der Waals surface area contributed by atoms with Crippen molar-refractivity contribution in [2.24, 2.45) is 5.41 Å². The third-order valence-corrected chi connectivity index (χ3v) is 5.61. The van der Waals surface area contributed by atoms with E-state index in [-0.39, 0.29) is 0 Å². The highest BCUT2D eigenvalue weighted by molar-refractivity contribution is 5.75. The summed E-state index contributed by atoms with van der Waals surface area (Å²) in [6, 6.07) is 1.34. The zero-order chi connectivity index (χ0) is 13.5. The van der Waals surface area contributed by atoms with E-state index >= 15 is 0 Å². The Morgan fingerprint density at radius 3 is 2.74 bits per heavy atom. The van der Waals surface area contributed by atoms with Crippen LogP contribution in [0.4, 0.5) is 0 Å². The van der Waals surface area contributed by atoms with Crippen molar-refractivity contribution in [2.45, 2.75) is 57.5 Å². The Morgan fingerprint density at radius 1 is 1.21 bits per heavy atom. The molecule has 108 valence electrons. The second-order valence-electron chi connectivity index (χ2n) is 6.66. The molecule has 0 bridgehead atoms. The Kier molecular flexibility index (Phi) is 3.56. The minimum Gasteiger partial charge on any atom is -0.481 e. The van der Waals surface area contributed by atoms with Gasteiger partial charge in [0.05, 0.1) is 5.41 Å². The van der Waals surface area contributed by atoms with Crippen molar-refractivity contribution in [3.8, 4) is 0 Å². The van der Waals surface area contributed by atoms with Gasteiger partial charge in [-0.3, -0.25) is 14.6 Å². The second kappa shape index (κ2) is 5.06. The third-order valence-electron chi connectivity index (χ3n) is 5.61. The Labute approximate surface area is 115 Å². The van der Waals surface area contributed by atoms with Crippen LogP contribution in [0.1, 0.15) is 45.4 Å². The number of carbonyl (C=O) groups is 1. The molecule has 3 saturated heterocycles. The lowest BCUT2D eigenvalue weighted by molar-refractivity contribution is -0.148. The molecule has 0 saturated carbocycles. The molecule has 19 heavy (non-hydrogen) atoms. The Hall–Kier alpha value is -0.610. The molecule has 3 rings (SSSR count). The fraction of sp³-hybridized carbons (Fsp3) is 0.933. The number of likely N-dealkylation sites (tertiary alicyclic amines) is 1. The molecule has 3 aliphatic rings. The van der Waals surface area contributed by atoms with Gasteiger partial charge in [-0.1, -0.05) is 13.3 Å². The minimum absolute atomic E-state index is 0.458. The third kappa shape index (κ3) is 2.19. The summed E-state index contributed by atoms with van der Waals surface area (Å²) in [7, 11) is 0. The maximum Gasteiger partial charge on any atom is 0.310 e. The summed E-state index contributed by atoms with van der Waals surface area (Å²) < 4.78 is 0. The highest BCUT2D eigenvalue weighted by Gasteiger charge is 2.49. The zero-order valence-electron chi connectivity index (χ0n) is 12.0. The molecular formula is C15H26N2O2. The van der Waals surface area contributed by atoms with Crippen molar-refractivity contribution < 1.29 is 9.90 Å². The predicted octanol–water partition coefficient (Wildman–Crippen LogP) is 1.80. The van der Waals surface area contributed by atoms with Gasteiger partial charge in [-0.05, 0) is 45.2 Å². The fourth-order valence-electron chi connectivity index (χ4n) is 4.63. The Balaban J connectivity index is 1.69. The number of hydrogen-bond acceptors (Lipinski definition) is 3. The highest BCUT2D eigenvalue weighted by atomic mass is 16.4. The van der Waals surface area contributed by atoms with Gasteiger partial charge in [0.2, 0.25) is 0 Å². The average Bonchev–Trinajstić information content (AvgIpc) is 3.02. The quantitative estimate of drug-likeness (QED) is 0.842. The van der Waals surface area contributed by atoms with E-state index in [0.29, 0.717) is 12.1 Å². The Bertz CT molecular complexity index is 360. The lowest BCUT2D eigenvalue weighted by atomic mass is 9.82. The van der Waals surface area contributed by atoms with Gasteiger partial charge in [0.15, 0.2) is 0 Å². The summed E-state index contributed by atoms with van der Waals surface area (Å²) in [5.41, 5.74) is -0.458. The average molecular weight is 266 g/mol. The van der Waals surface area contributed by atoms with Crippen LogP contribution in [0.3, 0.4) is 0 Å². The molecule has 3 fully saturated rings. The number of aliphatic carboxylic acids is 1. The van der Waals surface area contributed by atoms with Crippen molar-refractivity contribution in [1.29, 1.82) is 0 Å². The fourth-order valence-corrected chi connectivity index (χ4v) is 4.63. The van der Waals surface area contributed by atoms with E-state index in [1.807, 2.05) is 0 Å². The standard InChI is InChI=1S/C15H26N2O2/c1-2-6-15(14(18)19)7-10-17(11-15)13-5-9-16-8-3-4-12(13)16/h12-13H,2-11H2,1H3,(H,18,19). The van der Waals surface area contributed by atoms with E-state index in [1.165, 1.54) is 32.4 Å². The number of carboxylic acid groups (broad SMARTS) is 1. The number of hydrogen-bond donors (Lipinski definition) is 1. The second-order valence-corrected chi connectivity index (χ2v) is 6.66. The van der Waals surface area contributed by atoms with Crippen LogP contribution in [-0.2, 0) is 4.79 Å². The summed E-state index contributed by atoms with van der Waals surface area (Å²) in [5, 5.41) is 9.61. The number of nitrogens with zero attached hydrogens (tertiary/aromatic N) is 2. The highest BCUT2D eigenvalue weighted by Crippen LogP contribution is 2.40. The van der Waals surface area contributed by atoms with E-state index in [1.54, 1.807) is 0 Å². The SMILES string of the molecule is CCCC1(C(=O)O)CCN(C2CCN3CCCC23)C1. The maximum absolute atomic E-state index is 11.7. The van der Waals surface area contributed by atoms with Gasteiger partial charge in [0, 0.05) is 25.2 Å². The first kappa shape index (κ1) is 13.4. The first-order valence-electron chi connectivity index (χ1n) is 7.88. The van der Waals surface area contributed by atoms with Crippen LogP contribution in [0.5, 0.6) is 0 Å². The van der Waals surface area contributed by atoms with Crippen LogP contribution in [0.25, 0.3) is 0 Å². The van der Waals surface area contributed by atoms with Crippen LogP contribution >= 0.6 is 0 Å². The van der Waals surface area contributed by atoms with E-state index in [4.69, 9.17) is 0 Å². The molecule has 3 heterocycles. The van der Waals surface area contributed by atoms with E-state index in [2.05, 4.69) is 16.7 Å². The van der Waals surface area contributed by atoms with Crippen molar-refractivity contribution in [2.75, 3.05) is 26.2 Å². The minimum atomic E-state index is -0.571. The lowest BCUT2D eigenvalue weighted by Gasteiger charge is -2.31. The smallest absolute Gasteiger partial charge is 0.310 e. The molecule has 3 atom stereocenters. The molecule has 0 radical (unpaired) electrons. The molecule has 0 aromatic rings. The molecule has 0 aliphatic carbocycles. The Morgan fingerprint density at radius 2 is 2.00 bits per heavy atom. The molecular weight excluding hydrogens is 240 g/mol. The van der Waals surface area contributed by atoms with Crippen LogP contribution < -0.4 is 0 Å². The largest absolute Gasteiger partial charge is 0.481 e. The van der Waals surface area contributed by atoms with Gasteiger partial charge in [0.25, 0.3) is 0 Å². The van der Waals surface area contributed by atoms with E-state index in [0.717, 1.165) is 32.4 Å². The molecule has 0 aromatic carbocycles. The van der Waals surface area contributed by atoms with Gasteiger partial charge < -0.3 is 5.11 Å². The molecule has 0 aromatic heterocycles. The molecule has 0 amide bonds. The van der Waals surface area contributed by atoms with Crippen molar-refractivity contribution in [3.05, 3.63) is 0 Å². The predicted molar refractivity (Wildman–Crippen MR) is 74.2 cm³/mol. The summed E-state index contributed by atoms with van der Waals surface area (Å²) >= 11 is 0. The molecule has 4 heteroatoms. The molecule has 0 spiro atoms. The van der Waals surface area contributed by atoms with Crippen LogP contribution in [-0.4, -0.2) is 59.1 Å². The molecule has 4 nitrogen and oxygen atoms in total. The van der Waals surface area contributed by atoms with E-state index < -0.39 is 11.4 Å². The van der Waals surface area contributed by atoms with Gasteiger partial charge in [-0.25, -0.2) is 0 Å². The van der Waals surface area contributed by atoms with E-state index in [9.17, 15) is 9.90 Å². The summed E-state index contributed by atoms with van der Waals surface area (Å²) in [6.45, 7) is 6.35. The van der Waals surface area contributed by atoms with Crippen LogP contribution in [0.15, 0.2) is 0 Å². The molecule has 3 aliphatic heterocycles. The van der Waals surface area contributed by atoms with Crippen molar-refractivity contribution in [1.82, 2.24) is 9.80 Å². The first-order chi connectivity index (χ1) is 9.16. The summed E-state index contributed by atoms with van der Waals surface area (Å²) in [5.74, 6) is -0.571. The molecule has 3 unspecified atom stereocenters. The van der Waals surface area contributed by atoms with Gasteiger partial charge in [-0.2, -0.15) is 0 Å². The van der Waals surface area contributed by atoms with Gasteiger partial charge in [0.1, 0.15) is 0 Å². The topological polar surface area (TPSA) is 43.8 Å². The first-order valence-corrected chi connectivity index (χ1v) is 7.88. The number of rotatable bonds is 4. The van der Waals surface area contributed by atoms with Gasteiger partial charge in [-0.15, -0.1) is 0 Å². The summed E-state index contributed by atoms with van der Waals surface area (Å²) in [4.78, 5) is 16.8.